The molecule has 1 saturated heterocycles. The van der Waals surface area contributed by atoms with Crippen LogP contribution in [0.1, 0.15) is 28.5 Å². The third kappa shape index (κ3) is 4.59. The number of furan rings is 1. The van der Waals surface area contributed by atoms with Crippen LogP contribution in [-0.4, -0.2) is 33.9 Å². The van der Waals surface area contributed by atoms with Crippen molar-refractivity contribution >= 4 is 33.2 Å². The predicted molar refractivity (Wildman–Crippen MR) is 117 cm³/mol. The summed E-state index contributed by atoms with van der Waals surface area (Å²) in [5.74, 6) is -0.00992. The van der Waals surface area contributed by atoms with E-state index in [0.29, 0.717) is 18.7 Å². The van der Waals surface area contributed by atoms with Gasteiger partial charge in [0, 0.05) is 24.9 Å². The van der Waals surface area contributed by atoms with Crippen molar-refractivity contribution in [1.82, 2.24) is 5.32 Å². The lowest BCUT2D eigenvalue weighted by molar-refractivity contribution is -0.119. The van der Waals surface area contributed by atoms with Crippen molar-refractivity contribution in [3.8, 4) is 5.75 Å². The lowest BCUT2D eigenvalue weighted by Crippen LogP contribution is -2.15. The van der Waals surface area contributed by atoms with Gasteiger partial charge in [-0.3, -0.25) is 14.3 Å². The highest BCUT2D eigenvalue weighted by Crippen LogP contribution is 2.30. The molecule has 0 spiro atoms. The minimum absolute atomic E-state index is 0.00823. The molecule has 32 heavy (non-hydrogen) atoms. The van der Waals surface area contributed by atoms with Crippen LogP contribution in [0.3, 0.4) is 0 Å². The van der Waals surface area contributed by atoms with Crippen LogP contribution in [-0.2, 0) is 14.8 Å². The number of benzene rings is 2. The fraction of sp³-hybridized carbons (Fsp3) is 0.182. The monoisotopic (exact) mass is 455 g/mol. The molecule has 10 heteroatoms. The zero-order valence-electron chi connectivity index (χ0n) is 17.1. The highest BCUT2D eigenvalue weighted by molar-refractivity contribution is 7.92. The van der Waals surface area contributed by atoms with E-state index in [1.165, 1.54) is 49.8 Å². The Kier molecular flexibility index (Phi) is 5.87. The number of hydrogen-bond acceptors (Lipinski definition) is 6. The standard InChI is InChI=1S/C22H21N3O6S/c1-30-20-12-16(6-9-18(20)24-22(27)19-3-2-10-31-19)25-32(28,29)17-7-4-14(5-8-17)15-11-21(26)23-13-15/h2-10,12,15,25H,11,13H2,1H3,(H,23,26)(H,24,27)/t15-/m0/s1. The maximum Gasteiger partial charge on any atom is 0.291 e. The minimum Gasteiger partial charge on any atom is -0.494 e. The second-order valence-electron chi connectivity index (χ2n) is 7.23. The molecule has 4 rings (SSSR count). The molecule has 9 nitrogen and oxygen atoms in total. The second-order valence-corrected chi connectivity index (χ2v) is 8.91. The predicted octanol–water partition coefficient (Wildman–Crippen LogP) is 2.94. The van der Waals surface area contributed by atoms with Gasteiger partial charge in [-0.2, -0.15) is 0 Å². The van der Waals surface area contributed by atoms with Crippen molar-refractivity contribution in [1.29, 1.82) is 0 Å². The number of carbonyl (C=O) groups excluding carboxylic acids is 2. The molecule has 1 fully saturated rings. The molecule has 3 aromatic rings. The summed E-state index contributed by atoms with van der Waals surface area (Å²) in [6.07, 6.45) is 1.79. The van der Waals surface area contributed by atoms with E-state index < -0.39 is 15.9 Å². The second kappa shape index (κ2) is 8.75. The molecule has 0 bridgehead atoms. The number of nitrogens with one attached hydrogen (secondary N) is 3. The number of rotatable bonds is 7. The Morgan fingerprint density at radius 2 is 1.94 bits per heavy atom. The van der Waals surface area contributed by atoms with Crippen molar-refractivity contribution in [2.45, 2.75) is 17.2 Å². The summed E-state index contributed by atoms with van der Waals surface area (Å²) in [5, 5.41) is 5.43. The van der Waals surface area contributed by atoms with Crippen molar-refractivity contribution in [3.63, 3.8) is 0 Å². The molecule has 2 heterocycles. The molecule has 1 atom stereocenters. The van der Waals surface area contributed by atoms with Crippen LogP contribution >= 0.6 is 0 Å². The normalized spacial score (nSPS) is 15.8. The summed E-state index contributed by atoms with van der Waals surface area (Å²) >= 11 is 0. The van der Waals surface area contributed by atoms with Crippen LogP contribution in [0.2, 0.25) is 0 Å². The first-order valence-corrected chi connectivity index (χ1v) is 11.3. The summed E-state index contributed by atoms with van der Waals surface area (Å²) in [7, 11) is -2.44. The largest absolute Gasteiger partial charge is 0.494 e. The number of methoxy groups -OCH3 is 1. The van der Waals surface area contributed by atoms with Gasteiger partial charge in [0.1, 0.15) is 5.75 Å². The first-order valence-electron chi connectivity index (χ1n) is 9.78. The van der Waals surface area contributed by atoms with Gasteiger partial charge in [-0.15, -0.1) is 0 Å². The van der Waals surface area contributed by atoms with Gasteiger partial charge in [-0.25, -0.2) is 8.42 Å². The summed E-state index contributed by atoms with van der Waals surface area (Å²) in [4.78, 5) is 23.7. The van der Waals surface area contributed by atoms with Crippen molar-refractivity contribution in [2.75, 3.05) is 23.7 Å². The Bertz CT molecular complexity index is 1240. The summed E-state index contributed by atoms with van der Waals surface area (Å²) < 4.78 is 38.5. The number of carbonyl (C=O) groups is 2. The van der Waals surface area contributed by atoms with Crippen LogP contribution in [0.5, 0.6) is 5.75 Å². The van der Waals surface area contributed by atoms with Gasteiger partial charge in [0.25, 0.3) is 15.9 Å². The molecule has 1 aliphatic rings. The fourth-order valence-corrected chi connectivity index (χ4v) is 4.47. The Balaban J connectivity index is 1.49. The maximum atomic E-state index is 12.8. The zero-order valence-corrected chi connectivity index (χ0v) is 17.9. The third-order valence-corrected chi connectivity index (χ3v) is 6.48. The first kappa shape index (κ1) is 21.4. The number of amides is 2. The average Bonchev–Trinajstić information content (AvgIpc) is 3.47. The summed E-state index contributed by atoms with van der Waals surface area (Å²) in [6.45, 7) is 0.547. The molecular weight excluding hydrogens is 434 g/mol. The molecule has 0 radical (unpaired) electrons. The molecule has 1 aromatic heterocycles. The van der Waals surface area contributed by atoms with Crippen LogP contribution in [0.4, 0.5) is 11.4 Å². The van der Waals surface area contributed by atoms with Crippen LogP contribution in [0.15, 0.2) is 70.2 Å². The lowest BCUT2D eigenvalue weighted by Gasteiger charge is -2.14. The lowest BCUT2D eigenvalue weighted by atomic mass is 9.99. The van der Waals surface area contributed by atoms with Gasteiger partial charge in [-0.05, 0) is 42.0 Å². The fourth-order valence-electron chi connectivity index (χ4n) is 3.42. The topological polar surface area (TPSA) is 127 Å². The Labute approximate surface area is 184 Å². The van der Waals surface area contributed by atoms with E-state index in [-0.39, 0.29) is 33.9 Å². The van der Waals surface area contributed by atoms with E-state index in [4.69, 9.17) is 9.15 Å². The van der Waals surface area contributed by atoms with Crippen LogP contribution < -0.4 is 20.1 Å². The number of hydrogen-bond donors (Lipinski definition) is 3. The van der Waals surface area contributed by atoms with Gasteiger partial charge in [0.05, 0.1) is 29.6 Å². The van der Waals surface area contributed by atoms with Gasteiger partial charge in [0.15, 0.2) is 5.76 Å². The molecular formula is C22H21N3O6S. The summed E-state index contributed by atoms with van der Waals surface area (Å²) in [6, 6.07) is 14.1. The first-order chi connectivity index (χ1) is 15.4. The van der Waals surface area contributed by atoms with E-state index in [9.17, 15) is 18.0 Å². The van der Waals surface area contributed by atoms with E-state index in [0.717, 1.165) is 5.56 Å². The Morgan fingerprint density at radius 3 is 2.56 bits per heavy atom. The Hall–Kier alpha value is -3.79. The smallest absolute Gasteiger partial charge is 0.291 e. The molecule has 0 aliphatic carbocycles. The van der Waals surface area contributed by atoms with Crippen molar-refractivity contribution in [3.05, 3.63) is 72.2 Å². The molecule has 166 valence electrons. The third-order valence-electron chi connectivity index (χ3n) is 5.09. The Morgan fingerprint density at radius 1 is 1.16 bits per heavy atom. The quantitative estimate of drug-likeness (QED) is 0.503. The van der Waals surface area contributed by atoms with E-state index in [2.05, 4.69) is 15.4 Å². The maximum absolute atomic E-state index is 12.8. The molecule has 1 aliphatic heterocycles. The molecule has 2 amide bonds. The van der Waals surface area contributed by atoms with Gasteiger partial charge in [-0.1, -0.05) is 12.1 Å². The SMILES string of the molecule is COc1cc(NS(=O)(=O)c2ccc([C@@H]3CNC(=O)C3)cc2)ccc1NC(=O)c1ccco1. The van der Waals surface area contributed by atoms with E-state index in [1.54, 1.807) is 18.2 Å². The minimum atomic E-state index is -3.85. The van der Waals surface area contributed by atoms with Gasteiger partial charge in [0.2, 0.25) is 5.91 Å². The summed E-state index contributed by atoms with van der Waals surface area (Å²) in [5.41, 5.74) is 1.54. The van der Waals surface area contributed by atoms with Gasteiger partial charge < -0.3 is 19.8 Å². The van der Waals surface area contributed by atoms with E-state index in [1.807, 2.05) is 0 Å². The number of ether oxygens (including phenoxy) is 1. The number of sulfonamides is 1. The van der Waals surface area contributed by atoms with Crippen molar-refractivity contribution < 1.29 is 27.2 Å². The highest BCUT2D eigenvalue weighted by Gasteiger charge is 2.24. The van der Waals surface area contributed by atoms with Crippen LogP contribution in [0, 0.1) is 0 Å². The zero-order chi connectivity index (χ0) is 22.7. The van der Waals surface area contributed by atoms with Gasteiger partial charge >= 0.3 is 0 Å². The molecule has 2 aromatic carbocycles. The average molecular weight is 455 g/mol. The van der Waals surface area contributed by atoms with Crippen LogP contribution in [0.25, 0.3) is 0 Å². The molecule has 3 N–H and O–H groups in total. The van der Waals surface area contributed by atoms with Crippen molar-refractivity contribution in [2.24, 2.45) is 0 Å². The van der Waals surface area contributed by atoms with E-state index >= 15 is 0 Å². The molecule has 0 saturated carbocycles. The number of anilines is 2. The molecule has 0 unspecified atom stereocenters. The highest BCUT2D eigenvalue weighted by atomic mass is 32.2.